The van der Waals surface area contributed by atoms with E-state index in [-0.39, 0.29) is 31.0 Å². The summed E-state index contributed by atoms with van der Waals surface area (Å²) in [5.74, 6) is 0.0519. The molecule has 0 aliphatic heterocycles. The van der Waals surface area contributed by atoms with Gasteiger partial charge in [0.15, 0.2) is 6.61 Å². The van der Waals surface area contributed by atoms with Crippen molar-refractivity contribution in [3.05, 3.63) is 63.6 Å². The number of hydrogen-bond acceptors (Lipinski definition) is 3. The normalized spacial score (nSPS) is 12.7. The number of ether oxygens (including phenoxy) is 1. The number of para-hydroxylation sites is 1. The third kappa shape index (κ3) is 6.38. The Kier molecular flexibility index (Phi) is 9.00. The molecule has 0 fully saturated rings. The van der Waals surface area contributed by atoms with Crippen LogP contribution < -0.4 is 10.1 Å². The quantitative estimate of drug-likeness (QED) is 0.583. The molecule has 2 atom stereocenters. The van der Waals surface area contributed by atoms with Crippen LogP contribution in [-0.4, -0.2) is 35.4 Å². The third-order valence-corrected chi connectivity index (χ3v) is 5.71. The zero-order valence-electron chi connectivity index (χ0n) is 17.7. The summed E-state index contributed by atoms with van der Waals surface area (Å²) in [6.07, 6.45) is 0.791. The second-order valence-electron chi connectivity index (χ2n) is 7.27. The number of carbonyl (C=O) groups is 2. The predicted molar refractivity (Wildman–Crippen MR) is 121 cm³/mol. The van der Waals surface area contributed by atoms with Gasteiger partial charge in [-0.15, -0.1) is 0 Å². The van der Waals surface area contributed by atoms with Crippen molar-refractivity contribution >= 4 is 35.0 Å². The van der Waals surface area contributed by atoms with Crippen LogP contribution in [0.15, 0.2) is 42.5 Å². The minimum absolute atomic E-state index is 0.00372. The van der Waals surface area contributed by atoms with Crippen LogP contribution in [-0.2, 0) is 16.1 Å². The Morgan fingerprint density at radius 2 is 1.70 bits per heavy atom. The maximum atomic E-state index is 13.1. The zero-order valence-corrected chi connectivity index (χ0v) is 19.3. The molecule has 0 heterocycles. The third-order valence-electron chi connectivity index (χ3n) is 5.00. The van der Waals surface area contributed by atoms with Crippen molar-refractivity contribution in [3.8, 4) is 5.75 Å². The predicted octanol–water partition coefficient (Wildman–Crippen LogP) is 5.01. The van der Waals surface area contributed by atoms with E-state index in [0.717, 1.165) is 12.0 Å². The monoisotopic (exact) mass is 450 g/mol. The van der Waals surface area contributed by atoms with Crippen LogP contribution in [0.2, 0.25) is 10.0 Å². The van der Waals surface area contributed by atoms with Gasteiger partial charge in [0.05, 0.1) is 0 Å². The van der Waals surface area contributed by atoms with Gasteiger partial charge in [-0.25, -0.2) is 0 Å². The van der Waals surface area contributed by atoms with Crippen molar-refractivity contribution in [2.24, 2.45) is 0 Å². The number of nitrogens with one attached hydrogen (secondary N) is 1. The summed E-state index contributed by atoms with van der Waals surface area (Å²) in [6, 6.07) is 11.9. The van der Waals surface area contributed by atoms with E-state index >= 15 is 0 Å². The second-order valence-corrected chi connectivity index (χ2v) is 8.08. The zero-order chi connectivity index (χ0) is 22.3. The fraction of sp³-hybridized carbons (Fsp3) is 0.391. The Bertz CT molecular complexity index is 868. The maximum Gasteiger partial charge on any atom is 0.261 e. The first-order valence-electron chi connectivity index (χ1n) is 9.95. The van der Waals surface area contributed by atoms with Crippen molar-refractivity contribution in [3.63, 3.8) is 0 Å². The molecule has 0 bridgehead atoms. The van der Waals surface area contributed by atoms with Gasteiger partial charge in [-0.2, -0.15) is 0 Å². The molecule has 2 unspecified atom stereocenters. The van der Waals surface area contributed by atoms with E-state index < -0.39 is 6.04 Å². The molecule has 162 valence electrons. The van der Waals surface area contributed by atoms with E-state index in [1.807, 2.05) is 39.0 Å². The van der Waals surface area contributed by atoms with Crippen molar-refractivity contribution in [1.82, 2.24) is 10.2 Å². The van der Waals surface area contributed by atoms with E-state index in [2.05, 4.69) is 5.32 Å². The number of amides is 2. The summed E-state index contributed by atoms with van der Waals surface area (Å²) in [7, 11) is 0. The first-order chi connectivity index (χ1) is 14.2. The minimum atomic E-state index is -0.723. The Morgan fingerprint density at radius 3 is 2.30 bits per heavy atom. The Labute approximate surface area is 188 Å². The van der Waals surface area contributed by atoms with Gasteiger partial charge in [-0.3, -0.25) is 9.59 Å². The van der Waals surface area contributed by atoms with E-state index in [1.165, 1.54) is 4.90 Å². The van der Waals surface area contributed by atoms with Crippen LogP contribution in [0.4, 0.5) is 0 Å². The standard InChI is InChI=1S/C23H28Cl2N2O3/c1-5-16(3)26-23(29)17(4)27(13-18-19(24)10-8-11-20(18)25)22(28)14-30-21-12-7-6-9-15(21)2/h6-12,16-17H,5,13-14H2,1-4H3,(H,26,29). The molecule has 30 heavy (non-hydrogen) atoms. The fourth-order valence-electron chi connectivity index (χ4n) is 2.84. The summed E-state index contributed by atoms with van der Waals surface area (Å²) in [6.45, 7) is 7.40. The molecule has 5 nitrogen and oxygen atoms in total. The van der Waals surface area contributed by atoms with Gasteiger partial charge < -0.3 is 15.0 Å². The van der Waals surface area contributed by atoms with Crippen LogP contribution in [0.25, 0.3) is 0 Å². The number of nitrogens with zero attached hydrogens (tertiary/aromatic N) is 1. The highest BCUT2D eigenvalue weighted by Crippen LogP contribution is 2.27. The van der Waals surface area contributed by atoms with Crippen molar-refractivity contribution in [2.45, 2.75) is 52.7 Å². The molecule has 0 aromatic heterocycles. The molecule has 7 heteroatoms. The molecule has 0 aliphatic carbocycles. The molecule has 2 amide bonds. The van der Waals surface area contributed by atoms with Crippen LogP contribution in [0.1, 0.15) is 38.3 Å². The average molecular weight is 451 g/mol. The Hall–Kier alpha value is -2.24. The van der Waals surface area contributed by atoms with Crippen LogP contribution >= 0.6 is 23.2 Å². The van der Waals surface area contributed by atoms with E-state index in [4.69, 9.17) is 27.9 Å². The lowest BCUT2D eigenvalue weighted by Gasteiger charge is -2.30. The second kappa shape index (κ2) is 11.2. The molecular formula is C23H28Cl2N2O3. The van der Waals surface area contributed by atoms with E-state index in [0.29, 0.717) is 21.4 Å². The highest BCUT2D eigenvalue weighted by molar-refractivity contribution is 6.36. The van der Waals surface area contributed by atoms with E-state index in [1.54, 1.807) is 31.2 Å². The fourth-order valence-corrected chi connectivity index (χ4v) is 3.36. The molecule has 0 aliphatic rings. The first kappa shape index (κ1) is 24.0. The summed E-state index contributed by atoms with van der Waals surface area (Å²) in [5.41, 5.74) is 1.52. The Balaban J connectivity index is 2.24. The largest absolute Gasteiger partial charge is 0.484 e. The van der Waals surface area contributed by atoms with Crippen molar-refractivity contribution in [2.75, 3.05) is 6.61 Å². The van der Waals surface area contributed by atoms with Gasteiger partial charge in [0.1, 0.15) is 11.8 Å². The van der Waals surface area contributed by atoms with Crippen LogP contribution in [0.3, 0.4) is 0 Å². The highest BCUT2D eigenvalue weighted by Gasteiger charge is 2.28. The average Bonchev–Trinajstić information content (AvgIpc) is 2.72. The lowest BCUT2D eigenvalue weighted by Crippen LogP contribution is -2.50. The number of benzene rings is 2. The molecular weight excluding hydrogens is 423 g/mol. The van der Waals surface area contributed by atoms with Crippen molar-refractivity contribution in [1.29, 1.82) is 0 Å². The summed E-state index contributed by atoms with van der Waals surface area (Å²) >= 11 is 12.6. The van der Waals surface area contributed by atoms with E-state index in [9.17, 15) is 9.59 Å². The Morgan fingerprint density at radius 1 is 1.07 bits per heavy atom. The maximum absolute atomic E-state index is 13.1. The topological polar surface area (TPSA) is 58.6 Å². The summed E-state index contributed by atoms with van der Waals surface area (Å²) < 4.78 is 5.72. The molecule has 0 spiro atoms. The van der Waals surface area contributed by atoms with Gasteiger partial charge in [0, 0.05) is 28.2 Å². The molecule has 2 aromatic carbocycles. The molecule has 2 rings (SSSR count). The minimum Gasteiger partial charge on any atom is -0.484 e. The lowest BCUT2D eigenvalue weighted by atomic mass is 10.1. The number of carbonyl (C=O) groups excluding carboxylic acids is 2. The van der Waals surface area contributed by atoms with Gasteiger partial charge in [0.25, 0.3) is 5.91 Å². The van der Waals surface area contributed by atoms with Crippen LogP contribution in [0, 0.1) is 6.92 Å². The summed E-state index contributed by atoms with van der Waals surface area (Å²) in [4.78, 5) is 27.3. The molecule has 0 saturated carbocycles. The number of halogens is 2. The van der Waals surface area contributed by atoms with Gasteiger partial charge in [-0.05, 0) is 51.0 Å². The number of rotatable bonds is 9. The molecule has 0 saturated heterocycles. The molecule has 1 N–H and O–H groups in total. The van der Waals surface area contributed by atoms with Gasteiger partial charge in [-0.1, -0.05) is 54.4 Å². The lowest BCUT2D eigenvalue weighted by molar-refractivity contribution is -0.142. The smallest absolute Gasteiger partial charge is 0.261 e. The molecule has 0 radical (unpaired) electrons. The first-order valence-corrected chi connectivity index (χ1v) is 10.7. The highest BCUT2D eigenvalue weighted by atomic mass is 35.5. The SMILES string of the molecule is CCC(C)NC(=O)C(C)N(Cc1c(Cl)cccc1Cl)C(=O)COc1ccccc1C. The summed E-state index contributed by atoms with van der Waals surface area (Å²) in [5, 5.41) is 3.80. The number of hydrogen-bond donors (Lipinski definition) is 1. The number of aryl methyl sites for hydroxylation is 1. The van der Waals surface area contributed by atoms with Gasteiger partial charge in [0.2, 0.25) is 5.91 Å². The van der Waals surface area contributed by atoms with Gasteiger partial charge >= 0.3 is 0 Å². The van der Waals surface area contributed by atoms with Crippen molar-refractivity contribution < 1.29 is 14.3 Å². The molecule has 2 aromatic rings. The van der Waals surface area contributed by atoms with Crippen LogP contribution in [0.5, 0.6) is 5.75 Å².